The summed E-state index contributed by atoms with van der Waals surface area (Å²) in [5.41, 5.74) is -0.127. The number of nitro groups is 1. The van der Waals surface area contributed by atoms with Gasteiger partial charge in [-0.2, -0.15) is 0 Å². The lowest BCUT2D eigenvalue weighted by atomic mass is 10.2. The maximum Gasteiger partial charge on any atom is 0.272 e. The predicted molar refractivity (Wildman–Crippen MR) is 55.0 cm³/mol. The highest BCUT2D eigenvalue weighted by Crippen LogP contribution is 2.20. The Morgan fingerprint density at radius 1 is 1.67 bits per heavy atom. The van der Waals surface area contributed by atoms with Crippen LogP contribution in [-0.4, -0.2) is 11.0 Å². The van der Waals surface area contributed by atoms with Crippen molar-refractivity contribution in [2.45, 2.75) is 13.0 Å². The van der Waals surface area contributed by atoms with Gasteiger partial charge in [0.15, 0.2) is 5.82 Å². The number of terminal acetylenes is 1. The number of rotatable bonds is 3. The van der Waals surface area contributed by atoms with Crippen molar-refractivity contribution in [3.8, 4) is 12.3 Å². The summed E-state index contributed by atoms with van der Waals surface area (Å²) in [7, 11) is 0. The molecule has 0 spiro atoms. The molecule has 1 N–H and O–H groups in total. The minimum Gasteiger partial charge on any atom is -0.369 e. The first-order valence-corrected chi connectivity index (χ1v) is 4.21. The van der Waals surface area contributed by atoms with Crippen LogP contribution in [-0.2, 0) is 0 Å². The third-order valence-corrected chi connectivity index (χ3v) is 1.79. The molecule has 0 saturated carbocycles. The average molecular weight is 208 g/mol. The second-order valence-corrected chi connectivity index (χ2v) is 2.95. The van der Waals surface area contributed by atoms with Gasteiger partial charge in [-0.15, -0.1) is 6.42 Å². The van der Waals surface area contributed by atoms with Crippen LogP contribution in [0, 0.1) is 28.3 Å². The zero-order valence-corrected chi connectivity index (χ0v) is 8.03. The molecule has 0 aliphatic heterocycles. The van der Waals surface area contributed by atoms with E-state index < -0.39 is 10.7 Å². The largest absolute Gasteiger partial charge is 0.369 e. The van der Waals surface area contributed by atoms with Gasteiger partial charge in [-0.3, -0.25) is 10.1 Å². The second kappa shape index (κ2) is 4.42. The Kier molecular flexibility index (Phi) is 3.24. The van der Waals surface area contributed by atoms with Gasteiger partial charge in [0.25, 0.3) is 5.69 Å². The van der Waals surface area contributed by atoms with Gasteiger partial charge in [0.2, 0.25) is 0 Å². The molecule has 0 aliphatic carbocycles. The maximum atomic E-state index is 13.3. The molecule has 0 fully saturated rings. The van der Waals surface area contributed by atoms with Gasteiger partial charge in [-0.25, -0.2) is 4.39 Å². The number of benzene rings is 1. The van der Waals surface area contributed by atoms with E-state index in [4.69, 9.17) is 6.42 Å². The van der Waals surface area contributed by atoms with Crippen molar-refractivity contribution in [2.24, 2.45) is 0 Å². The van der Waals surface area contributed by atoms with Crippen molar-refractivity contribution in [3.05, 3.63) is 34.1 Å². The van der Waals surface area contributed by atoms with E-state index in [2.05, 4.69) is 11.2 Å². The molecule has 4 nitrogen and oxygen atoms in total. The van der Waals surface area contributed by atoms with Crippen LogP contribution >= 0.6 is 0 Å². The molecule has 0 bridgehead atoms. The summed E-state index contributed by atoms with van der Waals surface area (Å²) in [5.74, 6) is 1.68. The molecule has 1 aromatic carbocycles. The Hall–Kier alpha value is -2.09. The summed E-state index contributed by atoms with van der Waals surface area (Å²) in [4.78, 5) is 9.67. The van der Waals surface area contributed by atoms with Crippen molar-refractivity contribution in [2.75, 3.05) is 5.32 Å². The maximum absolute atomic E-state index is 13.3. The number of anilines is 1. The molecule has 0 heterocycles. The summed E-state index contributed by atoms with van der Waals surface area (Å²) in [6.07, 6.45) is 5.10. The van der Waals surface area contributed by atoms with E-state index in [1.165, 1.54) is 12.1 Å². The molecule has 1 aromatic rings. The highest BCUT2D eigenvalue weighted by molar-refractivity contribution is 5.51. The van der Waals surface area contributed by atoms with Crippen LogP contribution in [0.2, 0.25) is 0 Å². The van der Waals surface area contributed by atoms with Crippen molar-refractivity contribution < 1.29 is 9.31 Å². The number of non-ortho nitro benzene ring substituents is 1. The van der Waals surface area contributed by atoms with E-state index in [0.29, 0.717) is 0 Å². The predicted octanol–water partition coefficient (Wildman–Crippen LogP) is 2.17. The van der Waals surface area contributed by atoms with Crippen LogP contribution in [0.15, 0.2) is 18.2 Å². The van der Waals surface area contributed by atoms with Crippen molar-refractivity contribution >= 4 is 11.4 Å². The third kappa shape index (κ3) is 2.68. The topological polar surface area (TPSA) is 55.2 Å². The van der Waals surface area contributed by atoms with E-state index in [-0.39, 0.29) is 17.4 Å². The Balaban J connectivity index is 2.94. The quantitative estimate of drug-likeness (QED) is 0.470. The molecule has 0 aliphatic rings. The summed E-state index contributed by atoms with van der Waals surface area (Å²) in [6.45, 7) is 1.68. The minimum absolute atomic E-state index is 0.158. The SMILES string of the molecule is C#CC(C)Nc1ccc([N+](=O)[O-])cc1F. The highest BCUT2D eigenvalue weighted by atomic mass is 19.1. The summed E-state index contributed by atoms with van der Waals surface area (Å²) < 4.78 is 13.3. The second-order valence-electron chi connectivity index (χ2n) is 2.95. The molecule has 0 amide bonds. The van der Waals surface area contributed by atoms with Crippen LogP contribution in [0.1, 0.15) is 6.92 Å². The number of nitro benzene ring substituents is 1. The molecule has 1 atom stereocenters. The standard InChI is InChI=1S/C10H9FN2O2/c1-3-7(2)12-10-5-4-8(13(14)15)6-9(10)11/h1,4-7,12H,2H3. The van der Waals surface area contributed by atoms with Crippen LogP contribution in [0.4, 0.5) is 15.8 Å². The smallest absolute Gasteiger partial charge is 0.272 e. The van der Waals surface area contributed by atoms with E-state index in [9.17, 15) is 14.5 Å². The van der Waals surface area contributed by atoms with Gasteiger partial charge in [0, 0.05) is 6.07 Å². The first-order chi connectivity index (χ1) is 7.04. The van der Waals surface area contributed by atoms with Crippen LogP contribution < -0.4 is 5.32 Å². The number of nitrogens with one attached hydrogen (secondary N) is 1. The molecule has 78 valence electrons. The van der Waals surface area contributed by atoms with Crippen LogP contribution in [0.5, 0.6) is 0 Å². The van der Waals surface area contributed by atoms with Crippen molar-refractivity contribution in [3.63, 3.8) is 0 Å². The molecule has 5 heteroatoms. The third-order valence-electron chi connectivity index (χ3n) is 1.79. The lowest BCUT2D eigenvalue weighted by molar-refractivity contribution is -0.385. The Labute approximate surface area is 86.3 Å². The molecule has 0 aromatic heterocycles. The van der Waals surface area contributed by atoms with E-state index >= 15 is 0 Å². The number of halogens is 1. The Bertz CT molecular complexity index is 426. The summed E-state index contributed by atoms with van der Waals surface area (Å²) >= 11 is 0. The highest BCUT2D eigenvalue weighted by Gasteiger charge is 2.11. The molecule has 0 radical (unpaired) electrons. The average Bonchev–Trinajstić information content (AvgIpc) is 2.20. The van der Waals surface area contributed by atoms with E-state index in [1.54, 1.807) is 6.92 Å². The van der Waals surface area contributed by atoms with Gasteiger partial charge < -0.3 is 5.32 Å². The van der Waals surface area contributed by atoms with Gasteiger partial charge in [0.05, 0.1) is 22.7 Å². The lowest BCUT2D eigenvalue weighted by Gasteiger charge is -2.09. The van der Waals surface area contributed by atoms with Gasteiger partial charge in [-0.05, 0) is 13.0 Å². The fourth-order valence-electron chi connectivity index (χ4n) is 1.01. The number of nitrogens with zero attached hydrogens (tertiary/aromatic N) is 1. The minimum atomic E-state index is -0.689. The zero-order valence-electron chi connectivity index (χ0n) is 8.03. The van der Waals surface area contributed by atoms with E-state index in [0.717, 1.165) is 6.07 Å². The molecular formula is C10H9FN2O2. The number of hydrogen-bond donors (Lipinski definition) is 1. The first kappa shape index (κ1) is 11.0. The fourth-order valence-corrected chi connectivity index (χ4v) is 1.01. The monoisotopic (exact) mass is 208 g/mol. The normalized spacial score (nSPS) is 11.5. The first-order valence-electron chi connectivity index (χ1n) is 4.21. The van der Waals surface area contributed by atoms with Crippen molar-refractivity contribution in [1.29, 1.82) is 0 Å². The Morgan fingerprint density at radius 2 is 2.33 bits per heavy atom. The van der Waals surface area contributed by atoms with E-state index in [1.807, 2.05) is 0 Å². The molecule has 0 saturated heterocycles. The van der Waals surface area contributed by atoms with Crippen molar-refractivity contribution in [1.82, 2.24) is 0 Å². The summed E-state index contributed by atoms with van der Waals surface area (Å²) in [5, 5.41) is 13.0. The molecular weight excluding hydrogens is 199 g/mol. The zero-order chi connectivity index (χ0) is 11.4. The van der Waals surface area contributed by atoms with Gasteiger partial charge in [0.1, 0.15) is 0 Å². The fraction of sp³-hybridized carbons (Fsp3) is 0.200. The number of hydrogen-bond acceptors (Lipinski definition) is 3. The summed E-state index contributed by atoms with van der Waals surface area (Å²) in [6, 6.07) is 3.03. The molecule has 1 rings (SSSR count). The Morgan fingerprint density at radius 3 is 2.80 bits per heavy atom. The van der Waals surface area contributed by atoms with Crippen LogP contribution in [0.25, 0.3) is 0 Å². The lowest BCUT2D eigenvalue weighted by Crippen LogP contribution is -2.13. The van der Waals surface area contributed by atoms with Gasteiger partial charge >= 0.3 is 0 Å². The van der Waals surface area contributed by atoms with Gasteiger partial charge in [-0.1, -0.05) is 5.92 Å². The van der Waals surface area contributed by atoms with Crippen LogP contribution in [0.3, 0.4) is 0 Å². The molecule has 15 heavy (non-hydrogen) atoms. The molecule has 1 unspecified atom stereocenters.